The number of ether oxygens (including phenoxy) is 2. The van der Waals surface area contributed by atoms with Gasteiger partial charge in [0, 0.05) is 17.7 Å². The van der Waals surface area contributed by atoms with Gasteiger partial charge in [0.05, 0.1) is 24.3 Å². The third-order valence-electron chi connectivity index (χ3n) is 3.38. The summed E-state index contributed by atoms with van der Waals surface area (Å²) in [6.07, 6.45) is 2.66. The van der Waals surface area contributed by atoms with Gasteiger partial charge in [0.2, 0.25) is 0 Å². The van der Waals surface area contributed by atoms with Crippen molar-refractivity contribution in [1.82, 2.24) is 0 Å². The second kappa shape index (κ2) is 6.02. The Kier molecular flexibility index (Phi) is 4.59. The van der Waals surface area contributed by atoms with Crippen molar-refractivity contribution in [3.63, 3.8) is 0 Å². The second-order valence-electron chi connectivity index (χ2n) is 4.87. The van der Waals surface area contributed by atoms with Gasteiger partial charge in [-0.05, 0) is 46.5 Å². The second-order valence-corrected chi connectivity index (χ2v) is 5.99. The lowest BCUT2D eigenvalue weighted by Crippen LogP contribution is -2.13. The monoisotopic (exact) mass is 343 g/mol. The van der Waals surface area contributed by atoms with Crippen LogP contribution in [0.25, 0.3) is 0 Å². The van der Waals surface area contributed by atoms with Crippen LogP contribution < -0.4 is 9.47 Å². The summed E-state index contributed by atoms with van der Waals surface area (Å²) in [5, 5.41) is 8.81. The van der Waals surface area contributed by atoms with Crippen molar-refractivity contribution in [2.75, 3.05) is 13.7 Å². The Morgan fingerprint density at radius 1 is 1.47 bits per heavy atom. The van der Waals surface area contributed by atoms with Crippen LogP contribution in [0.15, 0.2) is 16.6 Å². The molecule has 1 aromatic rings. The normalized spacial score (nSPS) is 15.7. The summed E-state index contributed by atoms with van der Waals surface area (Å²) < 4.78 is 12.0. The highest BCUT2D eigenvalue weighted by Gasteiger charge is 2.43. The molecule has 0 radical (unpaired) electrons. The maximum atomic E-state index is 8.81. The van der Waals surface area contributed by atoms with Crippen LogP contribution in [0, 0.1) is 16.7 Å². The van der Waals surface area contributed by atoms with Crippen LogP contribution >= 0.6 is 27.5 Å². The van der Waals surface area contributed by atoms with E-state index in [0.29, 0.717) is 30.4 Å². The Bertz CT molecular complexity index is 509. The molecular weight excluding hydrogens is 330 g/mol. The number of nitriles is 1. The highest BCUT2D eigenvalue weighted by atomic mass is 79.9. The number of halogens is 2. The van der Waals surface area contributed by atoms with E-state index in [4.69, 9.17) is 26.3 Å². The first kappa shape index (κ1) is 14.5. The summed E-state index contributed by atoms with van der Waals surface area (Å²) in [5.41, 5.74) is 1.01. The van der Waals surface area contributed by atoms with Gasteiger partial charge in [0.25, 0.3) is 0 Å². The molecule has 1 aliphatic rings. The SMILES string of the molecule is COc1cc(CCl)cc(Br)c1OCC1(CC#N)CC1. The summed E-state index contributed by atoms with van der Waals surface area (Å²) in [4.78, 5) is 0. The predicted molar refractivity (Wildman–Crippen MR) is 77.6 cm³/mol. The Morgan fingerprint density at radius 3 is 2.74 bits per heavy atom. The van der Waals surface area contributed by atoms with E-state index in [-0.39, 0.29) is 5.41 Å². The molecular formula is C14H15BrClNO2. The van der Waals surface area contributed by atoms with Crippen LogP contribution in [0.2, 0.25) is 0 Å². The van der Waals surface area contributed by atoms with E-state index < -0.39 is 0 Å². The van der Waals surface area contributed by atoms with Crippen LogP contribution in [-0.4, -0.2) is 13.7 Å². The van der Waals surface area contributed by atoms with E-state index in [1.165, 1.54) is 0 Å². The van der Waals surface area contributed by atoms with Gasteiger partial charge in [-0.2, -0.15) is 5.26 Å². The van der Waals surface area contributed by atoms with Gasteiger partial charge in [-0.25, -0.2) is 0 Å². The molecule has 0 atom stereocenters. The van der Waals surface area contributed by atoms with Crippen LogP contribution in [0.3, 0.4) is 0 Å². The van der Waals surface area contributed by atoms with E-state index in [1.54, 1.807) is 7.11 Å². The summed E-state index contributed by atoms with van der Waals surface area (Å²) in [7, 11) is 1.61. The molecule has 0 N–H and O–H groups in total. The maximum Gasteiger partial charge on any atom is 0.175 e. The highest BCUT2D eigenvalue weighted by molar-refractivity contribution is 9.10. The van der Waals surface area contributed by atoms with Gasteiger partial charge >= 0.3 is 0 Å². The maximum absolute atomic E-state index is 8.81. The summed E-state index contributed by atoms with van der Waals surface area (Å²) >= 11 is 9.31. The fraction of sp³-hybridized carbons (Fsp3) is 0.500. The first-order valence-electron chi connectivity index (χ1n) is 6.06. The predicted octanol–water partition coefficient (Wildman–Crippen LogP) is 4.27. The van der Waals surface area contributed by atoms with Crippen LogP contribution in [-0.2, 0) is 5.88 Å². The fourth-order valence-corrected chi connectivity index (χ4v) is 2.69. The molecule has 1 fully saturated rings. The molecule has 19 heavy (non-hydrogen) atoms. The van der Waals surface area contributed by atoms with Gasteiger partial charge in [-0.15, -0.1) is 11.6 Å². The van der Waals surface area contributed by atoms with E-state index in [1.807, 2.05) is 12.1 Å². The summed E-state index contributed by atoms with van der Waals surface area (Å²) in [6, 6.07) is 6.03. The number of methoxy groups -OCH3 is 1. The van der Waals surface area contributed by atoms with Gasteiger partial charge in [0.1, 0.15) is 0 Å². The zero-order valence-electron chi connectivity index (χ0n) is 10.7. The number of hydrogen-bond donors (Lipinski definition) is 0. The van der Waals surface area contributed by atoms with Crippen LogP contribution in [0.5, 0.6) is 11.5 Å². The van der Waals surface area contributed by atoms with E-state index in [0.717, 1.165) is 22.9 Å². The van der Waals surface area contributed by atoms with Gasteiger partial charge in [-0.3, -0.25) is 0 Å². The number of alkyl halides is 1. The van der Waals surface area contributed by atoms with Crippen LogP contribution in [0.4, 0.5) is 0 Å². The molecule has 0 aliphatic heterocycles. The first-order chi connectivity index (χ1) is 9.14. The van der Waals surface area contributed by atoms with E-state index >= 15 is 0 Å². The summed E-state index contributed by atoms with van der Waals surface area (Å²) in [5.74, 6) is 1.77. The fourth-order valence-electron chi connectivity index (χ4n) is 1.93. The van der Waals surface area contributed by atoms with E-state index in [2.05, 4.69) is 22.0 Å². The molecule has 102 valence electrons. The molecule has 1 aromatic carbocycles. The number of rotatable bonds is 6. The zero-order valence-corrected chi connectivity index (χ0v) is 13.1. The first-order valence-corrected chi connectivity index (χ1v) is 7.39. The van der Waals surface area contributed by atoms with Crippen molar-refractivity contribution >= 4 is 27.5 Å². The van der Waals surface area contributed by atoms with Crippen molar-refractivity contribution in [3.05, 3.63) is 22.2 Å². The molecule has 0 bridgehead atoms. The van der Waals surface area contributed by atoms with Gasteiger partial charge in [-0.1, -0.05) is 0 Å². The lowest BCUT2D eigenvalue weighted by Gasteiger charge is -2.17. The van der Waals surface area contributed by atoms with Crippen molar-refractivity contribution in [3.8, 4) is 17.6 Å². The standard InChI is InChI=1S/C14H15BrClNO2/c1-18-12-7-10(8-16)6-11(15)13(12)19-9-14(2-3-14)4-5-17/h6-7H,2-4,8-9H2,1H3. The molecule has 0 aromatic heterocycles. The third kappa shape index (κ3) is 3.34. The average Bonchev–Trinajstić information content (AvgIpc) is 3.17. The van der Waals surface area contributed by atoms with E-state index in [9.17, 15) is 0 Å². The minimum atomic E-state index is 0.0460. The number of hydrogen-bond acceptors (Lipinski definition) is 3. The Morgan fingerprint density at radius 2 is 2.21 bits per heavy atom. The van der Waals surface area contributed by atoms with Gasteiger partial charge < -0.3 is 9.47 Å². The average molecular weight is 345 g/mol. The largest absolute Gasteiger partial charge is 0.493 e. The Balaban J connectivity index is 2.14. The lowest BCUT2D eigenvalue weighted by atomic mass is 10.1. The van der Waals surface area contributed by atoms with Crippen molar-refractivity contribution in [2.24, 2.45) is 5.41 Å². The topological polar surface area (TPSA) is 42.2 Å². The minimum Gasteiger partial charge on any atom is -0.493 e. The molecule has 0 saturated heterocycles. The molecule has 1 saturated carbocycles. The number of nitrogens with zero attached hydrogens (tertiary/aromatic N) is 1. The molecule has 0 spiro atoms. The summed E-state index contributed by atoms with van der Waals surface area (Å²) in [6.45, 7) is 0.551. The Hall–Kier alpha value is -0.920. The van der Waals surface area contributed by atoms with Crippen molar-refractivity contribution in [1.29, 1.82) is 5.26 Å². The minimum absolute atomic E-state index is 0.0460. The molecule has 3 nitrogen and oxygen atoms in total. The molecule has 0 amide bonds. The number of benzene rings is 1. The smallest absolute Gasteiger partial charge is 0.175 e. The third-order valence-corrected chi connectivity index (χ3v) is 4.28. The molecule has 2 rings (SSSR count). The molecule has 0 unspecified atom stereocenters. The zero-order chi connectivity index (χ0) is 13.9. The highest BCUT2D eigenvalue weighted by Crippen LogP contribution is 2.49. The van der Waals surface area contributed by atoms with Crippen LogP contribution in [0.1, 0.15) is 24.8 Å². The Labute approximate surface area is 126 Å². The van der Waals surface area contributed by atoms with Crippen molar-refractivity contribution < 1.29 is 9.47 Å². The van der Waals surface area contributed by atoms with Crippen molar-refractivity contribution in [2.45, 2.75) is 25.1 Å². The lowest BCUT2D eigenvalue weighted by molar-refractivity contribution is 0.225. The molecule has 5 heteroatoms. The van der Waals surface area contributed by atoms with Gasteiger partial charge in [0.15, 0.2) is 11.5 Å². The quantitative estimate of drug-likeness (QED) is 0.724. The molecule has 1 aliphatic carbocycles. The molecule has 0 heterocycles.